The quantitative estimate of drug-likeness (QED) is 0.496. The Hall–Kier alpha value is -2.53. The van der Waals surface area contributed by atoms with Gasteiger partial charge in [-0.15, -0.1) is 0 Å². The summed E-state index contributed by atoms with van der Waals surface area (Å²) in [5.41, 5.74) is 2.69. The van der Waals surface area contributed by atoms with Crippen molar-refractivity contribution in [2.24, 2.45) is 5.92 Å². The zero-order valence-corrected chi connectivity index (χ0v) is 20.8. The van der Waals surface area contributed by atoms with E-state index in [0.717, 1.165) is 60.0 Å². The molecule has 3 atom stereocenters. The molecule has 2 N–H and O–H groups in total. The summed E-state index contributed by atoms with van der Waals surface area (Å²) >= 11 is 1.45. The van der Waals surface area contributed by atoms with Crippen LogP contribution in [0.2, 0.25) is 0 Å². The van der Waals surface area contributed by atoms with Crippen molar-refractivity contribution in [1.29, 1.82) is 0 Å². The summed E-state index contributed by atoms with van der Waals surface area (Å²) in [6.45, 7) is 1.59. The van der Waals surface area contributed by atoms with Gasteiger partial charge in [-0.1, -0.05) is 17.4 Å². The van der Waals surface area contributed by atoms with E-state index in [9.17, 15) is 14.3 Å². The molecule has 6 rings (SSSR count). The Morgan fingerprint density at radius 2 is 2.03 bits per heavy atom. The number of thiazole rings is 1. The number of rotatable bonds is 7. The highest BCUT2D eigenvalue weighted by Crippen LogP contribution is 2.36. The summed E-state index contributed by atoms with van der Waals surface area (Å²) in [6.07, 6.45) is 7.14. The van der Waals surface area contributed by atoms with Crippen molar-refractivity contribution in [2.45, 2.75) is 69.6 Å². The minimum absolute atomic E-state index is 0.00199. The van der Waals surface area contributed by atoms with Gasteiger partial charge < -0.3 is 15.2 Å². The first kappa shape index (κ1) is 23.8. The van der Waals surface area contributed by atoms with E-state index in [-0.39, 0.29) is 24.5 Å². The molecule has 190 valence electrons. The van der Waals surface area contributed by atoms with Crippen LogP contribution < -0.4 is 5.32 Å². The third kappa shape index (κ3) is 5.00. The van der Waals surface area contributed by atoms with Crippen molar-refractivity contribution in [3.05, 3.63) is 36.4 Å². The number of likely N-dealkylation sites (tertiary alicyclic amines) is 1. The van der Waals surface area contributed by atoms with Gasteiger partial charge in [-0.05, 0) is 56.2 Å². The molecular formula is C26H30FN5O3S. The zero-order valence-electron chi connectivity index (χ0n) is 20.0. The molecule has 3 fully saturated rings. The third-order valence-electron chi connectivity index (χ3n) is 7.66. The van der Waals surface area contributed by atoms with Crippen molar-refractivity contribution in [3.8, 4) is 11.1 Å². The van der Waals surface area contributed by atoms with Gasteiger partial charge in [0, 0.05) is 43.0 Å². The van der Waals surface area contributed by atoms with E-state index < -0.39 is 12.3 Å². The van der Waals surface area contributed by atoms with Crippen LogP contribution in [0.5, 0.6) is 0 Å². The van der Waals surface area contributed by atoms with Crippen LogP contribution in [0.25, 0.3) is 21.3 Å². The normalized spacial score (nSPS) is 28.4. The first-order valence-electron chi connectivity index (χ1n) is 12.7. The van der Waals surface area contributed by atoms with Gasteiger partial charge in [0.25, 0.3) is 0 Å². The molecule has 2 aliphatic carbocycles. The lowest BCUT2D eigenvalue weighted by molar-refractivity contribution is -0.124. The summed E-state index contributed by atoms with van der Waals surface area (Å²) in [4.78, 5) is 28.3. The number of hydrogen-bond acceptors (Lipinski definition) is 8. The monoisotopic (exact) mass is 511 g/mol. The number of fused-ring (bicyclic) bond motifs is 1. The van der Waals surface area contributed by atoms with Crippen LogP contribution in [0.4, 0.5) is 9.52 Å². The van der Waals surface area contributed by atoms with Crippen LogP contribution >= 0.6 is 11.3 Å². The van der Waals surface area contributed by atoms with E-state index in [1.807, 2.05) is 18.2 Å². The summed E-state index contributed by atoms with van der Waals surface area (Å²) in [5.74, 6) is 0.555. The van der Waals surface area contributed by atoms with E-state index >= 15 is 0 Å². The first-order chi connectivity index (χ1) is 17.5. The minimum atomic E-state index is -0.722. The SMILES string of the molecule is O=C(Nc1nc2ccc(-c3cnc(CO[C@H]4CCC[C@@H]4O)nc3)cc2s1)C1CC(N2CC[C@@H](F)C2)C1. The molecule has 3 heterocycles. The van der Waals surface area contributed by atoms with Crippen LogP contribution in [0.15, 0.2) is 30.6 Å². The molecule has 36 heavy (non-hydrogen) atoms. The van der Waals surface area contributed by atoms with Gasteiger partial charge in [0.15, 0.2) is 11.0 Å². The fraction of sp³-hybridized carbons (Fsp3) is 0.538. The average molecular weight is 512 g/mol. The number of carbonyl (C=O) groups excluding carboxylic acids is 1. The van der Waals surface area contributed by atoms with Crippen molar-refractivity contribution >= 4 is 32.6 Å². The van der Waals surface area contributed by atoms with Crippen molar-refractivity contribution in [3.63, 3.8) is 0 Å². The number of aromatic nitrogens is 3. The fourth-order valence-corrected chi connectivity index (χ4v) is 6.31. The maximum absolute atomic E-state index is 13.4. The van der Waals surface area contributed by atoms with Gasteiger partial charge in [0.2, 0.25) is 5.91 Å². The summed E-state index contributed by atoms with van der Waals surface area (Å²) in [6, 6.07) is 6.28. The van der Waals surface area contributed by atoms with E-state index in [1.54, 1.807) is 12.4 Å². The number of carbonyl (C=O) groups is 1. The van der Waals surface area contributed by atoms with Crippen LogP contribution in [0.3, 0.4) is 0 Å². The second-order valence-electron chi connectivity index (χ2n) is 10.1. The largest absolute Gasteiger partial charge is 0.390 e. The number of nitrogens with one attached hydrogen (secondary N) is 1. The lowest BCUT2D eigenvalue weighted by Gasteiger charge is -2.40. The second kappa shape index (κ2) is 10.1. The van der Waals surface area contributed by atoms with Gasteiger partial charge in [0.05, 0.1) is 22.4 Å². The third-order valence-corrected chi connectivity index (χ3v) is 8.60. The predicted molar refractivity (Wildman–Crippen MR) is 135 cm³/mol. The molecule has 0 unspecified atom stereocenters. The smallest absolute Gasteiger partial charge is 0.229 e. The minimum Gasteiger partial charge on any atom is -0.390 e. The molecule has 2 aromatic heterocycles. The molecule has 8 nitrogen and oxygen atoms in total. The Morgan fingerprint density at radius 1 is 1.19 bits per heavy atom. The Morgan fingerprint density at radius 3 is 2.75 bits per heavy atom. The number of benzene rings is 1. The summed E-state index contributed by atoms with van der Waals surface area (Å²) < 4.78 is 20.2. The number of aliphatic hydroxyl groups excluding tert-OH is 1. The molecule has 3 aliphatic rings. The van der Waals surface area contributed by atoms with Crippen molar-refractivity contribution < 1.29 is 19.0 Å². The Labute approximate surface area is 212 Å². The van der Waals surface area contributed by atoms with Crippen LogP contribution in [-0.4, -0.2) is 68.4 Å². The Kier molecular flexibility index (Phi) is 6.68. The zero-order chi connectivity index (χ0) is 24.6. The molecule has 1 aliphatic heterocycles. The number of ether oxygens (including phenoxy) is 1. The van der Waals surface area contributed by atoms with Crippen LogP contribution in [0.1, 0.15) is 44.3 Å². The number of amides is 1. The van der Waals surface area contributed by atoms with Crippen LogP contribution in [0, 0.1) is 5.92 Å². The molecular weight excluding hydrogens is 481 g/mol. The van der Waals surface area contributed by atoms with Gasteiger partial charge in [-0.25, -0.2) is 19.3 Å². The molecule has 0 radical (unpaired) electrons. The van der Waals surface area contributed by atoms with Gasteiger partial charge >= 0.3 is 0 Å². The highest BCUT2D eigenvalue weighted by Gasteiger charge is 2.40. The Bertz CT molecular complexity index is 1230. The highest BCUT2D eigenvalue weighted by atomic mass is 32.1. The topological polar surface area (TPSA) is 100 Å². The maximum Gasteiger partial charge on any atom is 0.229 e. The maximum atomic E-state index is 13.4. The number of hydrogen-bond donors (Lipinski definition) is 2. The number of anilines is 1. The number of aliphatic hydroxyl groups is 1. The molecule has 10 heteroatoms. The average Bonchev–Trinajstić information content (AvgIpc) is 3.56. The van der Waals surface area contributed by atoms with Gasteiger partial charge in [-0.2, -0.15) is 0 Å². The van der Waals surface area contributed by atoms with Gasteiger partial charge in [0.1, 0.15) is 12.8 Å². The van der Waals surface area contributed by atoms with E-state index in [4.69, 9.17) is 4.74 Å². The second-order valence-corrected chi connectivity index (χ2v) is 11.2. The molecule has 0 bridgehead atoms. The molecule has 2 saturated carbocycles. The van der Waals surface area contributed by atoms with Gasteiger partial charge in [-0.3, -0.25) is 9.69 Å². The van der Waals surface area contributed by atoms with E-state index in [0.29, 0.717) is 30.0 Å². The summed E-state index contributed by atoms with van der Waals surface area (Å²) in [7, 11) is 0. The fourth-order valence-electron chi connectivity index (χ4n) is 5.40. The first-order valence-corrected chi connectivity index (χ1v) is 13.5. The molecule has 1 aromatic carbocycles. The van der Waals surface area contributed by atoms with Crippen molar-refractivity contribution in [2.75, 3.05) is 18.4 Å². The Balaban J connectivity index is 1.05. The van der Waals surface area contributed by atoms with Crippen LogP contribution in [-0.2, 0) is 16.1 Å². The highest BCUT2D eigenvalue weighted by molar-refractivity contribution is 7.22. The van der Waals surface area contributed by atoms with E-state index in [1.165, 1.54) is 11.3 Å². The van der Waals surface area contributed by atoms with E-state index in [2.05, 4.69) is 25.2 Å². The number of nitrogens with zero attached hydrogens (tertiary/aromatic N) is 4. The van der Waals surface area contributed by atoms with Crippen molar-refractivity contribution in [1.82, 2.24) is 19.9 Å². The standard InChI is InChI=1S/C26H30FN5O3S/c27-18-6-7-32(13-18)19-8-16(9-19)25(34)31-26-30-20-5-4-15(10-23(20)36-26)17-11-28-24(29-12-17)14-35-22-3-1-2-21(22)33/h4-5,10-12,16,18-19,21-22,33H,1-3,6-9,13-14H2,(H,30,31,34)/t16?,18-,19?,21+,22+/m1/s1. The lowest BCUT2D eigenvalue weighted by atomic mass is 9.79. The molecule has 1 saturated heterocycles. The predicted octanol–water partition coefficient (Wildman–Crippen LogP) is 3.94. The molecule has 3 aromatic rings. The molecule has 0 spiro atoms. The number of alkyl halides is 1. The molecule has 1 amide bonds. The summed E-state index contributed by atoms with van der Waals surface area (Å²) in [5, 5.41) is 13.5. The lowest BCUT2D eigenvalue weighted by Crippen LogP contribution is -2.47. The number of halogens is 1.